The van der Waals surface area contributed by atoms with Gasteiger partial charge < -0.3 is 0 Å². The van der Waals surface area contributed by atoms with E-state index in [2.05, 4.69) is 0 Å². The van der Waals surface area contributed by atoms with Gasteiger partial charge in [0, 0.05) is 11.8 Å². The number of carbonyl (C=O) groups is 2. The first-order valence-corrected chi connectivity index (χ1v) is 4.75. The van der Waals surface area contributed by atoms with Crippen molar-refractivity contribution < 1.29 is 9.59 Å². The zero-order valence-electron chi connectivity index (χ0n) is 6.71. The van der Waals surface area contributed by atoms with E-state index >= 15 is 0 Å². The van der Waals surface area contributed by atoms with Gasteiger partial charge in [-0.05, 0) is 12.8 Å². The van der Waals surface area contributed by atoms with Crippen LogP contribution >= 0.6 is 12.2 Å². The van der Waals surface area contributed by atoms with E-state index in [9.17, 15) is 9.59 Å². The first kappa shape index (κ1) is 8.05. The SMILES string of the molecule is O=C1C(=O)C2CCCCC2C1=S. The fraction of sp³-hybridized carbons (Fsp3) is 0.667. The number of hydrogen-bond acceptors (Lipinski definition) is 3. The third-order valence-corrected chi connectivity index (χ3v) is 3.38. The van der Waals surface area contributed by atoms with Gasteiger partial charge in [0.25, 0.3) is 0 Å². The number of ketones is 2. The van der Waals surface area contributed by atoms with E-state index in [1.54, 1.807) is 0 Å². The van der Waals surface area contributed by atoms with E-state index in [1.807, 2.05) is 0 Å². The Morgan fingerprint density at radius 1 is 1.08 bits per heavy atom. The quantitative estimate of drug-likeness (QED) is 0.418. The predicted molar refractivity (Wildman–Crippen MR) is 48.1 cm³/mol. The molecule has 2 fully saturated rings. The van der Waals surface area contributed by atoms with E-state index < -0.39 is 0 Å². The number of fused-ring (bicyclic) bond motifs is 1. The molecule has 0 aliphatic heterocycles. The molecule has 12 heavy (non-hydrogen) atoms. The van der Waals surface area contributed by atoms with Crippen LogP contribution in [0.5, 0.6) is 0 Å². The summed E-state index contributed by atoms with van der Waals surface area (Å²) in [6.07, 6.45) is 4.00. The number of carbonyl (C=O) groups excluding carboxylic acids is 2. The second-order valence-corrected chi connectivity index (χ2v) is 3.99. The Labute approximate surface area is 76.3 Å². The summed E-state index contributed by atoms with van der Waals surface area (Å²) in [5.74, 6) is -0.515. The van der Waals surface area contributed by atoms with Crippen LogP contribution in [0.25, 0.3) is 0 Å². The van der Waals surface area contributed by atoms with Crippen LogP contribution in [-0.4, -0.2) is 16.4 Å². The maximum Gasteiger partial charge on any atom is 0.235 e. The van der Waals surface area contributed by atoms with Crippen molar-refractivity contribution in [2.75, 3.05) is 0 Å². The second kappa shape index (κ2) is 2.73. The van der Waals surface area contributed by atoms with Gasteiger partial charge in [0.05, 0.1) is 4.86 Å². The molecule has 2 aliphatic carbocycles. The van der Waals surface area contributed by atoms with Crippen molar-refractivity contribution in [3.8, 4) is 0 Å². The van der Waals surface area contributed by atoms with Crippen LogP contribution in [0.4, 0.5) is 0 Å². The Kier molecular flexibility index (Phi) is 1.83. The lowest BCUT2D eigenvalue weighted by Gasteiger charge is -2.21. The number of thiocarbonyl (C=S) groups is 1. The van der Waals surface area contributed by atoms with E-state index in [1.165, 1.54) is 0 Å². The Bertz CT molecular complexity index is 244. The first-order valence-electron chi connectivity index (χ1n) is 4.34. The highest BCUT2D eigenvalue weighted by molar-refractivity contribution is 7.82. The van der Waals surface area contributed by atoms with Gasteiger partial charge in [0.1, 0.15) is 0 Å². The van der Waals surface area contributed by atoms with Gasteiger partial charge in [-0.3, -0.25) is 9.59 Å². The van der Waals surface area contributed by atoms with E-state index in [0.717, 1.165) is 25.7 Å². The highest BCUT2D eigenvalue weighted by Crippen LogP contribution is 2.36. The van der Waals surface area contributed by atoms with Crippen molar-refractivity contribution >= 4 is 28.6 Å². The summed E-state index contributed by atoms with van der Waals surface area (Å²) in [5.41, 5.74) is 0. The molecular weight excluding hydrogens is 172 g/mol. The molecule has 2 rings (SSSR count). The van der Waals surface area contributed by atoms with Gasteiger partial charge in [-0.2, -0.15) is 0 Å². The molecule has 0 N–H and O–H groups in total. The topological polar surface area (TPSA) is 34.1 Å². The predicted octanol–water partition coefficient (Wildman–Crippen LogP) is 1.31. The third-order valence-electron chi connectivity index (χ3n) is 2.89. The van der Waals surface area contributed by atoms with Crippen molar-refractivity contribution in [3.05, 3.63) is 0 Å². The summed E-state index contributed by atoms with van der Waals surface area (Å²) in [5, 5.41) is 0. The molecular formula is C9H10O2S. The highest BCUT2D eigenvalue weighted by Gasteiger charge is 2.46. The maximum atomic E-state index is 11.3. The maximum absolute atomic E-state index is 11.3. The van der Waals surface area contributed by atoms with Gasteiger partial charge in [-0.15, -0.1) is 0 Å². The number of Topliss-reactive ketones (excluding diaryl/α,β-unsaturated/α-hetero) is 2. The summed E-state index contributed by atoms with van der Waals surface area (Å²) in [7, 11) is 0. The Morgan fingerprint density at radius 3 is 2.25 bits per heavy atom. The monoisotopic (exact) mass is 182 g/mol. The van der Waals surface area contributed by atoms with Crippen molar-refractivity contribution in [1.29, 1.82) is 0 Å². The van der Waals surface area contributed by atoms with Gasteiger partial charge in [-0.1, -0.05) is 25.1 Å². The zero-order chi connectivity index (χ0) is 8.72. The van der Waals surface area contributed by atoms with Crippen molar-refractivity contribution in [2.45, 2.75) is 25.7 Å². The molecule has 0 radical (unpaired) electrons. The van der Waals surface area contributed by atoms with Crippen molar-refractivity contribution in [2.24, 2.45) is 11.8 Å². The van der Waals surface area contributed by atoms with Crippen molar-refractivity contribution in [3.63, 3.8) is 0 Å². The smallest absolute Gasteiger partial charge is 0.235 e. The van der Waals surface area contributed by atoms with Gasteiger partial charge in [0.2, 0.25) is 11.6 Å². The van der Waals surface area contributed by atoms with Crippen LogP contribution in [0.15, 0.2) is 0 Å². The summed E-state index contributed by atoms with van der Waals surface area (Å²) in [6, 6.07) is 0. The van der Waals surface area contributed by atoms with Gasteiger partial charge in [0.15, 0.2) is 0 Å². The minimum absolute atomic E-state index is 0.0428. The molecule has 2 atom stereocenters. The molecule has 2 aliphatic rings. The molecule has 0 aromatic heterocycles. The fourth-order valence-electron chi connectivity index (χ4n) is 2.22. The lowest BCUT2D eigenvalue weighted by Crippen LogP contribution is -2.20. The van der Waals surface area contributed by atoms with E-state index in [-0.39, 0.29) is 23.4 Å². The summed E-state index contributed by atoms with van der Waals surface area (Å²) < 4.78 is 0. The molecule has 2 nitrogen and oxygen atoms in total. The van der Waals surface area contributed by atoms with Crippen LogP contribution in [0.1, 0.15) is 25.7 Å². The van der Waals surface area contributed by atoms with Crippen LogP contribution < -0.4 is 0 Å². The molecule has 2 unspecified atom stereocenters. The fourth-order valence-corrected chi connectivity index (χ4v) is 2.60. The molecule has 3 heteroatoms. The lowest BCUT2D eigenvalue weighted by atomic mass is 9.81. The molecule has 0 aromatic carbocycles. The molecule has 0 heterocycles. The van der Waals surface area contributed by atoms with Crippen LogP contribution in [0.3, 0.4) is 0 Å². The average molecular weight is 182 g/mol. The zero-order valence-corrected chi connectivity index (χ0v) is 7.52. The first-order chi connectivity index (χ1) is 5.72. The van der Waals surface area contributed by atoms with Crippen LogP contribution in [-0.2, 0) is 9.59 Å². The highest BCUT2D eigenvalue weighted by atomic mass is 32.1. The molecule has 0 amide bonds. The van der Waals surface area contributed by atoms with Crippen molar-refractivity contribution in [1.82, 2.24) is 0 Å². The minimum atomic E-state index is -0.373. The second-order valence-electron chi connectivity index (χ2n) is 3.56. The molecule has 2 saturated carbocycles. The largest absolute Gasteiger partial charge is 0.290 e. The van der Waals surface area contributed by atoms with E-state index in [4.69, 9.17) is 12.2 Å². The molecule has 0 spiro atoms. The number of rotatable bonds is 0. The van der Waals surface area contributed by atoms with Gasteiger partial charge in [-0.25, -0.2) is 0 Å². The molecule has 0 bridgehead atoms. The Hall–Kier alpha value is -0.570. The normalized spacial score (nSPS) is 35.5. The minimum Gasteiger partial charge on any atom is -0.290 e. The summed E-state index contributed by atoms with van der Waals surface area (Å²) >= 11 is 4.95. The standard InChI is InChI=1S/C9H10O2S/c10-7-5-3-1-2-4-6(5)9(12)8(7)11/h5-6H,1-4H2. The third kappa shape index (κ3) is 0.959. The van der Waals surface area contributed by atoms with E-state index in [0.29, 0.717) is 4.86 Å². The van der Waals surface area contributed by atoms with Gasteiger partial charge >= 0.3 is 0 Å². The molecule has 0 saturated heterocycles. The average Bonchev–Trinajstić information content (AvgIpc) is 2.33. The summed E-state index contributed by atoms with van der Waals surface area (Å²) in [4.78, 5) is 22.9. The van der Waals surface area contributed by atoms with Crippen LogP contribution in [0.2, 0.25) is 0 Å². The Balaban J connectivity index is 2.31. The Morgan fingerprint density at radius 2 is 1.67 bits per heavy atom. The molecule has 0 aromatic rings. The summed E-state index contributed by atoms with van der Waals surface area (Å²) in [6.45, 7) is 0. The lowest BCUT2D eigenvalue weighted by molar-refractivity contribution is -0.134. The molecule has 64 valence electrons. The van der Waals surface area contributed by atoms with Crippen LogP contribution in [0, 0.1) is 11.8 Å². The number of hydrogen-bond donors (Lipinski definition) is 0.